The molecule has 7 nitrogen and oxygen atoms in total. The molecule has 0 spiro atoms. The van der Waals surface area contributed by atoms with E-state index in [9.17, 15) is 9.59 Å². The summed E-state index contributed by atoms with van der Waals surface area (Å²) in [6, 6.07) is 5.11. The average molecular weight is 387 g/mol. The first-order valence-corrected chi connectivity index (χ1v) is 9.26. The van der Waals surface area contributed by atoms with Gasteiger partial charge in [0.1, 0.15) is 0 Å². The zero-order valence-electron chi connectivity index (χ0n) is 16.6. The summed E-state index contributed by atoms with van der Waals surface area (Å²) in [6.45, 7) is 9.89. The van der Waals surface area contributed by atoms with Crippen LogP contribution in [-0.4, -0.2) is 68.1 Å². The normalized spacial score (nSPS) is 16.8. The van der Waals surface area contributed by atoms with Crippen molar-refractivity contribution in [2.45, 2.75) is 19.0 Å². The van der Waals surface area contributed by atoms with Crippen LogP contribution in [0.4, 0.5) is 0 Å². The van der Waals surface area contributed by atoms with E-state index in [0.29, 0.717) is 44.2 Å². The van der Waals surface area contributed by atoms with Gasteiger partial charge >= 0.3 is 0 Å². The lowest BCUT2D eigenvalue weighted by Gasteiger charge is -2.36. The fourth-order valence-electron chi connectivity index (χ4n) is 3.35. The average Bonchev–Trinajstić information content (AvgIpc) is 2.70. The Balaban J connectivity index is 2.20. The third kappa shape index (κ3) is 5.13. The molecule has 1 N–H and O–H groups in total. The van der Waals surface area contributed by atoms with Gasteiger partial charge in [-0.25, -0.2) is 0 Å². The zero-order valence-corrected chi connectivity index (χ0v) is 16.6. The maximum Gasteiger partial charge on any atom is 0.237 e. The van der Waals surface area contributed by atoms with Gasteiger partial charge in [-0.2, -0.15) is 0 Å². The lowest BCUT2D eigenvalue weighted by molar-refractivity contribution is -0.138. The number of methoxy groups -OCH3 is 2. The summed E-state index contributed by atoms with van der Waals surface area (Å²) in [6.07, 6.45) is 3.43. The fourth-order valence-corrected chi connectivity index (χ4v) is 3.35. The molecule has 1 atom stereocenters. The Morgan fingerprint density at radius 3 is 2.61 bits per heavy atom. The summed E-state index contributed by atoms with van der Waals surface area (Å²) in [5.74, 6) is 1.03. The summed E-state index contributed by atoms with van der Waals surface area (Å²) < 4.78 is 10.9. The first-order valence-electron chi connectivity index (χ1n) is 9.26. The molecule has 1 aliphatic rings. The predicted octanol–water partition coefficient (Wildman–Crippen LogP) is 1.59. The van der Waals surface area contributed by atoms with Crippen LogP contribution in [0.2, 0.25) is 0 Å². The molecular weight excluding hydrogens is 358 g/mol. The lowest BCUT2D eigenvalue weighted by atomic mass is 10.1. The Morgan fingerprint density at radius 1 is 1.29 bits per heavy atom. The Morgan fingerprint density at radius 2 is 2.00 bits per heavy atom. The quantitative estimate of drug-likeness (QED) is 0.618. The highest BCUT2D eigenvalue weighted by Crippen LogP contribution is 2.32. The molecule has 2 rings (SSSR count). The summed E-state index contributed by atoms with van der Waals surface area (Å²) in [5.41, 5.74) is 0.906. The molecule has 1 fully saturated rings. The van der Waals surface area contributed by atoms with Gasteiger partial charge in [-0.3, -0.25) is 14.5 Å². The number of para-hydroxylation sites is 1. The molecule has 1 unspecified atom stereocenters. The van der Waals surface area contributed by atoms with Crippen molar-refractivity contribution in [2.75, 3.05) is 40.4 Å². The fraction of sp³-hybridized carbons (Fsp3) is 0.429. The van der Waals surface area contributed by atoms with E-state index < -0.39 is 6.04 Å². The number of nitrogens with zero attached hydrogens (tertiary/aromatic N) is 2. The molecule has 0 radical (unpaired) electrons. The molecule has 0 bridgehead atoms. The molecule has 2 amide bonds. The van der Waals surface area contributed by atoms with E-state index in [1.807, 2.05) is 23.1 Å². The summed E-state index contributed by atoms with van der Waals surface area (Å²) in [7, 11) is 3.18. The van der Waals surface area contributed by atoms with Crippen molar-refractivity contribution in [3.63, 3.8) is 0 Å². The van der Waals surface area contributed by atoms with Gasteiger partial charge in [0.2, 0.25) is 11.8 Å². The van der Waals surface area contributed by atoms with E-state index in [-0.39, 0.29) is 18.2 Å². The molecule has 152 valence electrons. The monoisotopic (exact) mass is 387 g/mol. The number of benzene rings is 1. The number of nitrogens with one attached hydrogen (secondary N) is 1. The van der Waals surface area contributed by atoms with E-state index in [4.69, 9.17) is 9.47 Å². The highest BCUT2D eigenvalue weighted by Gasteiger charge is 2.33. The van der Waals surface area contributed by atoms with Crippen LogP contribution in [0.25, 0.3) is 0 Å². The van der Waals surface area contributed by atoms with Gasteiger partial charge in [0, 0.05) is 38.3 Å². The third-order valence-corrected chi connectivity index (χ3v) is 4.72. The number of hydrogen-bond acceptors (Lipinski definition) is 5. The van der Waals surface area contributed by atoms with Crippen molar-refractivity contribution >= 4 is 11.8 Å². The number of carbonyl (C=O) groups excluding carboxylic acids is 2. The van der Waals surface area contributed by atoms with E-state index in [0.717, 1.165) is 5.56 Å². The summed E-state index contributed by atoms with van der Waals surface area (Å²) >= 11 is 0. The molecule has 0 aromatic heterocycles. The Hall–Kier alpha value is -2.80. The molecule has 7 heteroatoms. The smallest absolute Gasteiger partial charge is 0.237 e. The second-order valence-electron chi connectivity index (χ2n) is 6.51. The van der Waals surface area contributed by atoms with E-state index in [1.54, 1.807) is 31.3 Å². The molecule has 1 heterocycles. The second kappa shape index (κ2) is 10.5. The lowest BCUT2D eigenvalue weighted by Crippen LogP contribution is -2.56. The molecule has 0 aliphatic carbocycles. The van der Waals surface area contributed by atoms with Crippen molar-refractivity contribution < 1.29 is 19.1 Å². The van der Waals surface area contributed by atoms with Crippen molar-refractivity contribution in [3.8, 4) is 11.5 Å². The van der Waals surface area contributed by atoms with Crippen LogP contribution in [0.15, 0.2) is 43.5 Å². The van der Waals surface area contributed by atoms with Crippen LogP contribution in [0, 0.1) is 0 Å². The van der Waals surface area contributed by atoms with Gasteiger partial charge in [0.05, 0.1) is 26.7 Å². The minimum Gasteiger partial charge on any atom is -0.493 e. The molecule has 1 saturated heterocycles. The topological polar surface area (TPSA) is 71.1 Å². The van der Waals surface area contributed by atoms with Crippen LogP contribution >= 0.6 is 0 Å². The maximum absolute atomic E-state index is 12.7. The largest absolute Gasteiger partial charge is 0.493 e. The molecule has 1 aliphatic heterocycles. The number of piperazine rings is 1. The van der Waals surface area contributed by atoms with Gasteiger partial charge in [-0.05, 0) is 6.07 Å². The van der Waals surface area contributed by atoms with E-state index in [2.05, 4.69) is 18.5 Å². The molecule has 0 saturated carbocycles. The Labute approximate surface area is 166 Å². The molecule has 1 aromatic rings. The van der Waals surface area contributed by atoms with Gasteiger partial charge in [0.25, 0.3) is 0 Å². The standard InChI is InChI=1S/C21H29N3O4/c1-5-11-23(12-6-2)19(25)14-17-21(26)22-10-13-24(17)15-16-8-7-9-18(27-3)20(16)28-4/h5-9,17H,1-2,10-15H2,3-4H3,(H,22,26). The van der Waals surface area contributed by atoms with Crippen LogP contribution in [0.1, 0.15) is 12.0 Å². The van der Waals surface area contributed by atoms with Crippen molar-refractivity contribution in [1.82, 2.24) is 15.1 Å². The van der Waals surface area contributed by atoms with Crippen molar-refractivity contribution in [2.24, 2.45) is 0 Å². The number of ether oxygens (including phenoxy) is 2. The zero-order chi connectivity index (χ0) is 20.5. The Kier molecular flexibility index (Phi) is 8.07. The minimum atomic E-state index is -0.547. The number of amides is 2. The van der Waals surface area contributed by atoms with Gasteiger partial charge in [0.15, 0.2) is 11.5 Å². The minimum absolute atomic E-state index is 0.0970. The first kappa shape index (κ1) is 21.5. The van der Waals surface area contributed by atoms with Gasteiger partial charge < -0.3 is 19.7 Å². The molecule has 1 aromatic carbocycles. The van der Waals surface area contributed by atoms with Crippen LogP contribution in [0.5, 0.6) is 11.5 Å². The van der Waals surface area contributed by atoms with Crippen molar-refractivity contribution in [1.29, 1.82) is 0 Å². The SMILES string of the molecule is C=CCN(CC=C)C(=O)CC1C(=O)NCCN1Cc1cccc(OC)c1OC. The number of rotatable bonds is 10. The highest BCUT2D eigenvalue weighted by atomic mass is 16.5. The van der Waals surface area contributed by atoms with Crippen LogP contribution in [0.3, 0.4) is 0 Å². The molecule has 28 heavy (non-hydrogen) atoms. The highest BCUT2D eigenvalue weighted by molar-refractivity contribution is 5.89. The number of carbonyl (C=O) groups is 2. The van der Waals surface area contributed by atoms with E-state index in [1.165, 1.54) is 0 Å². The molecular formula is C21H29N3O4. The summed E-state index contributed by atoms with van der Waals surface area (Å²) in [5, 5.41) is 2.86. The second-order valence-corrected chi connectivity index (χ2v) is 6.51. The van der Waals surface area contributed by atoms with Crippen LogP contribution in [-0.2, 0) is 16.1 Å². The summed E-state index contributed by atoms with van der Waals surface area (Å²) in [4.78, 5) is 28.9. The first-order chi connectivity index (χ1) is 13.5. The maximum atomic E-state index is 12.7. The van der Waals surface area contributed by atoms with E-state index >= 15 is 0 Å². The van der Waals surface area contributed by atoms with Gasteiger partial charge in [-0.1, -0.05) is 24.3 Å². The predicted molar refractivity (Wildman–Crippen MR) is 108 cm³/mol. The third-order valence-electron chi connectivity index (χ3n) is 4.72. The van der Waals surface area contributed by atoms with Crippen molar-refractivity contribution in [3.05, 3.63) is 49.1 Å². The Bertz CT molecular complexity index is 710. The number of hydrogen-bond donors (Lipinski definition) is 1. The van der Waals surface area contributed by atoms with Crippen LogP contribution < -0.4 is 14.8 Å². The van der Waals surface area contributed by atoms with Gasteiger partial charge in [-0.15, -0.1) is 13.2 Å².